The van der Waals surface area contributed by atoms with Crippen LogP contribution >= 0.6 is 0 Å². The van der Waals surface area contributed by atoms with E-state index in [9.17, 15) is 8.78 Å². The van der Waals surface area contributed by atoms with Crippen LogP contribution in [-0.4, -0.2) is 12.3 Å². The normalized spacial score (nSPS) is 15.9. The molecule has 5 heteroatoms. The molecule has 0 N–H and O–H groups in total. The van der Waals surface area contributed by atoms with Crippen LogP contribution in [0.2, 0.25) is 0 Å². The summed E-state index contributed by atoms with van der Waals surface area (Å²) >= 11 is 0. The number of halogens is 2. The lowest BCUT2D eigenvalue weighted by Crippen LogP contribution is -2.20. The molecule has 1 saturated carbocycles. The van der Waals surface area contributed by atoms with E-state index in [-0.39, 0.29) is 11.3 Å². The first kappa shape index (κ1) is 20.1. The quantitative estimate of drug-likeness (QED) is 0.617. The lowest BCUT2D eigenvalue weighted by Gasteiger charge is -2.33. The molecule has 0 aliphatic heterocycles. The summed E-state index contributed by atoms with van der Waals surface area (Å²) in [4.78, 5) is 4.25. The van der Waals surface area contributed by atoms with Crippen LogP contribution < -0.4 is 4.74 Å². The SMILES string of the molecule is CC1(C)CCC1.CCC(C)=Nc1c(C)cc(C#N)cc1OC(F)F. The van der Waals surface area contributed by atoms with Crippen molar-refractivity contribution in [1.29, 1.82) is 5.26 Å². The maximum atomic E-state index is 12.3. The van der Waals surface area contributed by atoms with Crippen LogP contribution in [0.15, 0.2) is 17.1 Å². The van der Waals surface area contributed by atoms with Crippen LogP contribution in [0.4, 0.5) is 14.5 Å². The summed E-state index contributed by atoms with van der Waals surface area (Å²) in [5, 5.41) is 8.81. The minimum atomic E-state index is -2.94. The molecule has 1 aromatic rings. The Morgan fingerprint density at radius 1 is 1.38 bits per heavy atom. The first-order chi connectivity index (χ1) is 11.2. The molecule has 24 heavy (non-hydrogen) atoms. The fourth-order valence-electron chi connectivity index (χ4n) is 2.29. The topological polar surface area (TPSA) is 45.4 Å². The molecule has 0 saturated heterocycles. The number of benzene rings is 1. The number of hydrogen-bond acceptors (Lipinski definition) is 3. The summed E-state index contributed by atoms with van der Waals surface area (Å²) in [7, 11) is 0. The van der Waals surface area contributed by atoms with Crippen molar-refractivity contribution in [2.24, 2.45) is 10.4 Å². The van der Waals surface area contributed by atoms with Crippen molar-refractivity contribution in [3.63, 3.8) is 0 Å². The van der Waals surface area contributed by atoms with E-state index in [4.69, 9.17) is 5.26 Å². The minimum Gasteiger partial charge on any atom is -0.432 e. The fourth-order valence-corrected chi connectivity index (χ4v) is 2.29. The number of nitriles is 1. The van der Waals surface area contributed by atoms with E-state index >= 15 is 0 Å². The fraction of sp³-hybridized carbons (Fsp3) is 0.579. The molecule has 0 unspecified atom stereocenters. The van der Waals surface area contributed by atoms with Gasteiger partial charge in [0.1, 0.15) is 5.69 Å². The van der Waals surface area contributed by atoms with Crippen molar-refractivity contribution in [2.45, 2.75) is 66.9 Å². The second kappa shape index (κ2) is 8.77. The van der Waals surface area contributed by atoms with Gasteiger partial charge in [-0.1, -0.05) is 27.2 Å². The molecule has 0 radical (unpaired) electrons. The highest BCUT2D eigenvalue weighted by atomic mass is 19.3. The number of ether oxygens (including phenoxy) is 1. The van der Waals surface area contributed by atoms with Crippen LogP contribution in [0.1, 0.15) is 64.5 Å². The van der Waals surface area contributed by atoms with Gasteiger partial charge >= 0.3 is 6.61 Å². The smallest absolute Gasteiger partial charge is 0.387 e. The lowest BCUT2D eigenvalue weighted by molar-refractivity contribution is -0.0494. The third-order valence-corrected chi connectivity index (χ3v) is 4.13. The van der Waals surface area contributed by atoms with Gasteiger partial charge in [-0.05, 0) is 50.2 Å². The summed E-state index contributed by atoms with van der Waals surface area (Å²) in [6.07, 6.45) is 5.08. The minimum absolute atomic E-state index is 0.0608. The van der Waals surface area contributed by atoms with Crippen molar-refractivity contribution in [1.82, 2.24) is 0 Å². The summed E-state index contributed by atoms with van der Waals surface area (Å²) < 4.78 is 29.1. The van der Waals surface area contributed by atoms with Gasteiger partial charge in [-0.2, -0.15) is 14.0 Å². The average molecular weight is 336 g/mol. The number of alkyl halides is 2. The zero-order valence-electron chi connectivity index (χ0n) is 15.1. The Morgan fingerprint density at radius 3 is 2.33 bits per heavy atom. The second-order valence-corrected chi connectivity index (χ2v) is 6.85. The summed E-state index contributed by atoms with van der Waals surface area (Å²) in [6.45, 7) is 7.16. The van der Waals surface area contributed by atoms with E-state index < -0.39 is 6.61 Å². The van der Waals surface area contributed by atoms with E-state index in [1.807, 2.05) is 19.9 Å². The number of rotatable bonds is 4. The Hall–Kier alpha value is -1.96. The van der Waals surface area contributed by atoms with Crippen LogP contribution in [0.3, 0.4) is 0 Å². The summed E-state index contributed by atoms with van der Waals surface area (Å²) in [5.41, 5.74) is 2.80. The van der Waals surface area contributed by atoms with Gasteiger partial charge in [0.05, 0.1) is 11.6 Å². The molecule has 0 spiro atoms. The first-order valence-electron chi connectivity index (χ1n) is 8.22. The summed E-state index contributed by atoms with van der Waals surface area (Å²) in [6, 6.07) is 4.78. The van der Waals surface area contributed by atoms with Crippen molar-refractivity contribution in [3.05, 3.63) is 23.3 Å². The molecular weight excluding hydrogens is 310 g/mol. The second-order valence-electron chi connectivity index (χ2n) is 6.85. The first-order valence-corrected chi connectivity index (χ1v) is 8.22. The van der Waals surface area contributed by atoms with E-state index in [1.54, 1.807) is 13.0 Å². The maximum Gasteiger partial charge on any atom is 0.387 e. The van der Waals surface area contributed by atoms with Gasteiger partial charge < -0.3 is 4.74 Å². The van der Waals surface area contributed by atoms with Gasteiger partial charge in [0, 0.05) is 11.8 Å². The molecule has 3 nitrogen and oxygen atoms in total. The molecule has 1 aliphatic carbocycles. The van der Waals surface area contributed by atoms with Gasteiger partial charge in [0.2, 0.25) is 0 Å². The Bertz CT molecular complexity index is 625. The molecule has 0 amide bonds. The van der Waals surface area contributed by atoms with E-state index in [0.717, 1.165) is 11.1 Å². The van der Waals surface area contributed by atoms with Crippen LogP contribution in [0.25, 0.3) is 0 Å². The number of aryl methyl sites for hydroxylation is 1. The van der Waals surface area contributed by atoms with Gasteiger partial charge in [-0.15, -0.1) is 0 Å². The Balaban J connectivity index is 0.000000400. The van der Waals surface area contributed by atoms with Crippen molar-refractivity contribution in [2.75, 3.05) is 0 Å². The van der Waals surface area contributed by atoms with Crippen LogP contribution in [0.5, 0.6) is 5.75 Å². The number of hydrogen-bond donors (Lipinski definition) is 0. The number of nitrogens with zero attached hydrogens (tertiary/aromatic N) is 2. The molecular formula is C19H26F2N2O. The molecule has 0 bridgehead atoms. The van der Waals surface area contributed by atoms with Crippen molar-refractivity contribution in [3.8, 4) is 11.8 Å². The third kappa shape index (κ3) is 6.27. The predicted octanol–water partition coefficient (Wildman–Crippen LogP) is 6.17. The molecule has 0 heterocycles. The van der Waals surface area contributed by atoms with Crippen molar-refractivity contribution >= 4 is 11.4 Å². The van der Waals surface area contributed by atoms with E-state index in [2.05, 4.69) is 23.6 Å². The molecule has 1 aliphatic rings. The van der Waals surface area contributed by atoms with Crippen LogP contribution in [0, 0.1) is 23.7 Å². The van der Waals surface area contributed by atoms with E-state index in [0.29, 0.717) is 17.7 Å². The monoisotopic (exact) mass is 336 g/mol. The van der Waals surface area contributed by atoms with E-state index in [1.165, 1.54) is 25.3 Å². The molecule has 1 fully saturated rings. The average Bonchev–Trinajstić information content (AvgIpc) is 2.48. The molecule has 1 aromatic carbocycles. The molecule has 0 atom stereocenters. The Kier molecular flexibility index (Phi) is 7.34. The van der Waals surface area contributed by atoms with Crippen LogP contribution in [-0.2, 0) is 0 Å². The van der Waals surface area contributed by atoms with Gasteiger partial charge in [0.15, 0.2) is 5.75 Å². The molecule has 132 valence electrons. The van der Waals surface area contributed by atoms with Gasteiger partial charge in [0.25, 0.3) is 0 Å². The van der Waals surface area contributed by atoms with Crippen molar-refractivity contribution < 1.29 is 13.5 Å². The lowest BCUT2D eigenvalue weighted by atomic mass is 9.72. The summed E-state index contributed by atoms with van der Waals surface area (Å²) in [5.74, 6) is -0.0608. The predicted molar refractivity (Wildman–Crippen MR) is 93.2 cm³/mol. The third-order valence-electron chi connectivity index (χ3n) is 4.13. The highest BCUT2D eigenvalue weighted by molar-refractivity contribution is 5.85. The largest absolute Gasteiger partial charge is 0.432 e. The highest BCUT2D eigenvalue weighted by Gasteiger charge is 2.25. The molecule has 2 rings (SSSR count). The zero-order valence-corrected chi connectivity index (χ0v) is 15.1. The van der Waals surface area contributed by atoms with Gasteiger partial charge in [-0.3, -0.25) is 4.99 Å². The maximum absolute atomic E-state index is 12.3. The molecule has 0 aromatic heterocycles. The standard InChI is InChI=1S/C13H14F2N2O.C6H12/c1-4-9(3)17-12-8(2)5-10(7-16)6-11(12)18-13(14)15;1-6(2)4-3-5-6/h5-6,13H,4H2,1-3H3;3-5H2,1-2H3. The Labute approximate surface area is 143 Å². The number of aliphatic imine (C=N–C) groups is 1. The Morgan fingerprint density at radius 2 is 1.96 bits per heavy atom. The highest BCUT2D eigenvalue weighted by Crippen LogP contribution is 2.39. The van der Waals surface area contributed by atoms with Gasteiger partial charge in [-0.25, -0.2) is 0 Å². The zero-order chi connectivity index (χ0) is 18.3.